The van der Waals surface area contributed by atoms with Crippen LogP contribution in [0.1, 0.15) is 31.2 Å². The third kappa shape index (κ3) is 4.02. The zero-order chi connectivity index (χ0) is 16.4. The molecule has 2 fully saturated rings. The SMILES string of the molecule is O[C@@]1(CN2CCCC2)CCCN(Cc2ccc(F)c(Cl)c2F)C1. The Hall–Kier alpha value is -0.750. The summed E-state index contributed by atoms with van der Waals surface area (Å²) in [7, 11) is 0. The molecule has 23 heavy (non-hydrogen) atoms. The Balaban J connectivity index is 1.65. The molecule has 0 aliphatic carbocycles. The number of piperidine rings is 1. The van der Waals surface area contributed by atoms with Crippen molar-refractivity contribution in [3.63, 3.8) is 0 Å². The van der Waals surface area contributed by atoms with Crippen molar-refractivity contribution in [3.8, 4) is 0 Å². The maximum absolute atomic E-state index is 14.1. The second kappa shape index (κ2) is 7.01. The highest BCUT2D eigenvalue weighted by Crippen LogP contribution is 2.27. The molecule has 0 aromatic heterocycles. The lowest BCUT2D eigenvalue weighted by molar-refractivity contribution is -0.0521. The molecule has 2 aliphatic heterocycles. The van der Waals surface area contributed by atoms with Crippen LogP contribution in [0.4, 0.5) is 8.78 Å². The fourth-order valence-corrected chi connectivity index (χ4v) is 3.94. The molecule has 1 N–H and O–H groups in total. The monoisotopic (exact) mass is 344 g/mol. The van der Waals surface area contributed by atoms with Gasteiger partial charge < -0.3 is 10.0 Å². The summed E-state index contributed by atoms with van der Waals surface area (Å²) in [4.78, 5) is 4.34. The Morgan fingerprint density at radius 2 is 1.78 bits per heavy atom. The van der Waals surface area contributed by atoms with Gasteiger partial charge in [0.1, 0.15) is 16.7 Å². The Kier molecular flexibility index (Phi) is 5.21. The van der Waals surface area contributed by atoms with Gasteiger partial charge in [0.05, 0.1) is 5.60 Å². The third-order valence-electron chi connectivity index (χ3n) is 4.86. The average molecular weight is 345 g/mol. The number of β-amino-alcohol motifs (C(OH)–C–C–N with tert-alkyl or cyclic N) is 1. The van der Waals surface area contributed by atoms with E-state index in [0.29, 0.717) is 25.2 Å². The summed E-state index contributed by atoms with van der Waals surface area (Å²) in [5, 5.41) is 10.4. The predicted octanol–water partition coefficient (Wildman–Crippen LogP) is 3.04. The Morgan fingerprint density at radius 3 is 2.52 bits per heavy atom. The van der Waals surface area contributed by atoms with Gasteiger partial charge in [0.2, 0.25) is 0 Å². The first-order valence-electron chi connectivity index (χ1n) is 8.26. The van der Waals surface area contributed by atoms with E-state index in [1.807, 2.05) is 4.90 Å². The van der Waals surface area contributed by atoms with E-state index >= 15 is 0 Å². The van der Waals surface area contributed by atoms with Gasteiger partial charge >= 0.3 is 0 Å². The highest BCUT2D eigenvalue weighted by Gasteiger charge is 2.35. The molecule has 128 valence electrons. The Bertz CT molecular complexity index is 566. The van der Waals surface area contributed by atoms with E-state index in [2.05, 4.69) is 4.90 Å². The molecule has 6 heteroatoms. The van der Waals surface area contributed by atoms with E-state index in [0.717, 1.165) is 32.5 Å². The van der Waals surface area contributed by atoms with Crippen LogP contribution in [0.3, 0.4) is 0 Å². The van der Waals surface area contributed by atoms with E-state index in [1.165, 1.54) is 25.0 Å². The first kappa shape index (κ1) is 17.1. The van der Waals surface area contributed by atoms with Crippen LogP contribution in [-0.2, 0) is 6.54 Å². The first-order chi connectivity index (χ1) is 11.0. The first-order valence-corrected chi connectivity index (χ1v) is 8.64. The quantitative estimate of drug-likeness (QED) is 0.850. The molecule has 2 heterocycles. The van der Waals surface area contributed by atoms with Gasteiger partial charge in [-0.1, -0.05) is 17.7 Å². The molecular weight excluding hydrogens is 322 g/mol. The summed E-state index contributed by atoms with van der Waals surface area (Å²) in [5.41, 5.74) is -0.370. The standard InChI is InChI=1S/C17H23ClF2N2O/c18-15-14(19)5-4-13(16(15)20)10-22-9-3-6-17(23,12-22)11-21-7-1-2-8-21/h4-5,23H,1-3,6-12H2/t17-/m1/s1. The van der Waals surface area contributed by atoms with Crippen molar-refractivity contribution < 1.29 is 13.9 Å². The number of likely N-dealkylation sites (tertiary alicyclic amines) is 2. The average Bonchev–Trinajstić information content (AvgIpc) is 3.00. The minimum atomic E-state index is -0.747. The number of benzene rings is 1. The van der Waals surface area contributed by atoms with Crippen LogP contribution in [0.15, 0.2) is 12.1 Å². The molecule has 3 nitrogen and oxygen atoms in total. The van der Waals surface area contributed by atoms with Gasteiger partial charge in [-0.15, -0.1) is 0 Å². The minimum absolute atomic E-state index is 0.341. The summed E-state index contributed by atoms with van der Waals surface area (Å²) in [5.74, 6) is -1.43. The lowest BCUT2D eigenvalue weighted by Gasteiger charge is -2.41. The molecule has 0 saturated carbocycles. The predicted molar refractivity (Wildman–Crippen MR) is 86.5 cm³/mol. The molecule has 2 saturated heterocycles. The minimum Gasteiger partial charge on any atom is -0.387 e. The highest BCUT2D eigenvalue weighted by atomic mass is 35.5. The zero-order valence-corrected chi connectivity index (χ0v) is 14.0. The zero-order valence-electron chi connectivity index (χ0n) is 13.2. The molecule has 1 aromatic carbocycles. The molecule has 1 aromatic rings. The maximum atomic E-state index is 14.1. The van der Waals surface area contributed by atoms with Crippen molar-refractivity contribution >= 4 is 11.6 Å². The lowest BCUT2D eigenvalue weighted by atomic mass is 9.92. The van der Waals surface area contributed by atoms with Crippen LogP contribution in [-0.4, -0.2) is 53.2 Å². The van der Waals surface area contributed by atoms with Gasteiger partial charge in [0, 0.05) is 25.2 Å². The van der Waals surface area contributed by atoms with Crippen molar-refractivity contribution in [1.29, 1.82) is 0 Å². The van der Waals surface area contributed by atoms with Gasteiger partial charge in [-0.3, -0.25) is 4.90 Å². The third-order valence-corrected chi connectivity index (χ3v) is 5.21. The summed E-state index contributed by atoms with van der Waals surface area (Å²) >= 11 is 5.65. The van der Waals surface area contributed by atoms with Gasteiger partial charge in [0.25, 0.3) is 0 Å². The van der Waals surface area contributed by atoms with Crippen LogP contribution >= 0.6 is 11.6 Å². The summed E-state index contributed by atoms with van der Waals surface area (Å²) in [6, 6.07) is 2.63. The second-order valence-electron chi connectivity index (χ2n) is 6.86. The molecule has 2 aliphatic rings. The van der Waals surface area contributed by atoms with Crippen molar-refractivity contribution in [3.05, 3.63) is 34.4 Å². The van der Waals surface area contributed by atoms with Crippen LogP contribution < -0.4 is 0 Å². The fraction of sp³-hybridized carbons (Fsp3) is 0.647. The highest BCUT2D eigenvalue weighted by molar-refractivity contribution is 6.30. The van der Waals surface area contributed by atoms with E-state index in [-0.39, 0.29) is 0 Å². The number of hydrogen-bond donors (Lipinski definition) is 1. The van der Waals surface area contributed by atoms with Crippen molar-refractivity contribution in [1.82, 2.24) is 9.80 Å². The number of halogens is 3. The Morgan fingerprint density at radius 1 is 1.09 bits per heavy atom. The number of aliphatic hydroxyl groups is 1. The molecule has 0 unspecified atom stereocenters. The van der Waals surface area contributed by atoms with E-state index in [9.17, 15) is 13.9 Å². The van der Waals surface area contributed by atoms with E-state index in [1.54, 1.807) is 0 Å². The smallest absolute Gasteiger partial charge is 0.149 e. The van der Waals surface area contributed by atoms with Gasteiger partial charge in [-0.2, -0.15) is 0 Å². The Labute approximate surface area is 140 Å². The van der Waals surface area contributed by atoms with Gasteiger partial charge in [-0.25, -0.2) is 8.78 Å². The van der Waals surface area contributed by atoms with Crippen molar-refractivity contribution in [2.75, 3.05) is 32.7 Å². The normalized spacial score (nSPS) is 26.8. The largest absolute Gasteiger partial charge is 0.387 e. The van der Waals surface area contributed by atoms with Gasteiger partial charge in [0.15, 0.2) is 0 Å². The molecule has 0 bridgehead atoms. The molecule has 0 radical (unpaired) electrons. The summed E-state index contributed by atoms with van der Waals surface area (Å²) < 4.78 is 27.3. The molecule has 3 rings (SSSR count). The van der Waals surface area contributed by atoms with Crippen LogP contribution in [0.2, 0.25) is 5.02 Å². The van der Waals surface area contributed by atoms with Crippen LogP contribution in [0.25, 0.3) is 0 Å². The van der Waals surface area contributed by atoms with E-state index < -0.39 is 22.3 Å². The topological polar surface area (TPSA) is 26.7 Å². The number of hydrogen-bond acceptors (Lipinski definition) is 3. The van der Waals surface area contributed by atoms with Crippen molar-refractivity contribution in [2.24, 2.45) is 0 Å². The molecule has 1 atom stereocenters. The molecular formula is C17H23ClF2N2O. The van der Waals surface area contributed by atoms with Crippen LogP contribution in [0.5, 0.6) is 0 Å². The fourth-order valence-electron chi connectivity index (χ4n) is 3.76. The molecule has 0 amide bonds. The van der Waals surface area contributed by atoms with Crippen LogP contribution in [0, 0.1) is 11.6 Å². The molecule has 0 spiro atoms. The van der Waals surface area contributed by atoms with Gasteiger partial charge in [-0.05, 0) is 51.4 Å². The summed E-state index contributed by atoms with van der Waals surface area (Å²) in [6.45, 7) is 4.42. The number of rotatable bonds is 4. The van der Waals surface area contributed by atoms with Crippen molar-refractivity contribution in [2.45, 2.75) is 37.8 Å². The van der Waals surface area contributed by atoms with E-state index in [4.69, 9.17) is 11.6 Å². The maximum Gasteiger partial charge on any atom is 0.149 e. The second-order valence-corrected chi connectivity index (χ2v) is 7.23. The lowest BCUT2D eigenvalue weighted by Crippen LogP contribution is -2.53. The summed E-state index contributed by atoms with van der Waals surface area (Å²) in [6.07, 6.45) is 4.03. The number of nitrogens with zero attached hydrogens (tertiary/aromatic N) is 2.